The van der Waals surface area contributed by atoms with E-state index in [0.717, 1.165) is 6.26 Å². The number of nitrogens with one attached hydrogen (secondary N) is 1. The third-order valence-corrected chi connectivity index (χ3v) is 1.54. The van der Waals surface area contributed by atoms with Crippen molar-refractivity contribution in [2.45, 2.75) is 6.35 Å². The largest absolute Gasteiger partial charge is 0.750 e. The Kier molecular flexibility index (Phi) is 4.07. The van der Waals surface area contributed by atoms with E-state index in [9.17, 15) is 17.2 Å². The van der Waals surface area contributed by atoms with Gasteiger partial charge in [-0.3, -0.25) is 9.92 Å². The highest BCUT2D eigenvalue weighted by Gasteiger charge is 2.08. The minimum Gasteiger partial charge on any atom is -0.750 e. The predicted octanol–water partition coefficient (Wildman–Crippen LogP) is -2.41. The smallest absolute Gasteiger partial charge is 0.211 e. The molecule has 0 radical (unpaired) electrons. The second-order valence-electron chi connectivity index (χ2n) is 1.61. The summed E-state index contributed by atoms with van der Waals surface area (Å²) in [5.41, 5.74) is 4.86. The van der Waals surface area contributed by atoms with E-state index in [1.54, 1.807) is 4.72 Å². The lowest BCUT2D eigenvalue weighted by atomic mass is 11.1. The van der Waals surface area contributed by atoms with Crippen LogP contribution in [-0.4, -0.2) is 29.8 Å². The molecule has 0 rings (SSSR count). The van der Waals surface area contributed by atoms with Crippen LogP contribution in [0, 0.1) is 0 Å². The second kappa shape index (κ2) is 4.09. The minimum absolute atomic E-state index is 0.823. The molecule has 0 bridgehead atoms. The molecule has 0 amide bonds. The maximum Gasteiger partial charge on any atom is 0.211 e. The summed E-state index contributed by atoms with van der Waals surface area (Å²) in [5, 5.41) is 0. The van der Waals surface area contributed by atoms with Gasteiger partial charge in [-0.25, -0.2) is 12.6 Å². The van der Waals surface area contributed by atoms with Crippen LogP contribution in [0.2, 0.25) is 0 Å². The Morgan fingerprint density at radius 3 is 2.45 bits per heavy atom. The first kappa shape index (κ1) is 10.9. The predicted molar refractivity (Wildman–Crippen MR) is 36.0 cm³/mol. The van der Waals surface area contributed by atoms with E-state index in [4.69, 9.17) is 5.73 Å². The highest BCUT2D eigenvalue weighted by Crippen LogP contribution is 1.84. The molecular formula is C2H7N2O5S2-. The van der Waals surface area contributed by atoms with E-state index >= 15 is 0 Å². The van der Waals surface area contributed by atoms with E-state index in [2.05, 4.69) is 4.18 Å². The van der Waals surface area contributed by atoms with Crippen LogP contribution in [0.5, 0.6) is 0 Å². The van der Waals surface area contributed by atoms with Gasteiger partial charge in [0.05, 0.1) is 17.6 Å². The van der Waals surface area contributed by atoms with Gasteiger partial charge >= 0.3 is 0 Å². The lowest BCUT2D eigenvalue weighted by Crippen LogP contribution is -2.43. The fraction of sp³-hybridized carbons (Fsp3) is 1.00. The van der Waals surface area contributed by atoms with Crippen molar-refractivity contribution in [2.75, 3.05) is 6.26 Å². The SMILES string of the molecule is CS(=O)(=O)NC(N)OS(=O)[O-]. The van der Waals surface area contributed by atoms with E-state index in [-0.39, 0.29) is 0 Å². The molecule has 2 atom stereocenters. The first-order valence-electron chi connectivity index (χ1n) is 2.30. The standard InChI is InChI=1S/C2H8N2O5S2/c1-11(7,8)4-2(3)9-10(5)6/h2,4H,3H2,1H3,(H,5,6)/p-1. The lowest BCUT2D eigenvalue weighted by molar-refractivity contribution is 0.198. The maximum atomic E-state index is 10.4. The fourth-order valence-electron chi connectivity index (χ4n) is 0.315. The van der Waals surface area contributed by atoms with Crippen molar-refractivity contribution in [3.05, 3.63) is 0 Å². The van der Waals surface area contributed by atoms with Crippen LogP contribution in [0.4, 0.5) is 0 Å². The lowest BCUT2D eigenvalue weighted by Gasteiger charge is -2.13. The molecule has 0 aliphatic rings. The van der Waals surface area contributed by atoms with Crippen LogP contribution in [0.25, 0.3) is 0 Å². The Balaban J connectivity index is 3.89. The molecule has 3 N–H and O–H groups in total. The molecule has 0 saturated carbocycles. The maximum absolute atomic E-state index is 10.4. The number of sulfonamides is 1. The monoisotopic (exact) mass is 203 g/mol. The van der Waals surface area contributed by atoms with Crippen LogP contribution in [0.15, 0.2) is 0 Å². The van der Waals surface area contributed by atoms with Gasteiger partial charge in [0.15, 0.2) is 6.35 Å². The summed E-state index contributed by atoms with van der Waals surface area (Å²) < 4.78 is 45.7. The number of nitrogens with two attached hydrogens (primary N) is 1. The molecule has 7 nitrogen and oxygen atoms in total. The fourth-order valence-corrected chi connectivity index (χ4v) is 1.06. The first-order valence-corrected chi connectivity index (χ1v) is 5.19. The molecule has 0 saturated heterocycles. The van der Waals surface area contributed by atoms with E-state index in [1.165, 1.54) is 0 Å². The Morgan fingerprint density at radius 2 is 2.18 bits per heavy atom. The summed E-state index contributed by atoms with van der Waals surface area (Å²) in [6.45, 7) is 0. The third-order valence-electron chi connectivity index (χ3n) is 0.512. The van der Waals surface area contributed by atoms with Gasteiger partial charge in [-0.2, -0.15) is 4.72 Å². The number of hydrogen-bond donors (Lipinski definition) is 2. The molecule has 68 valence electrons. The minimum atomic E-state index is -3.54. The molecule has 0 aliphatic heterocycles. The van der Waals surface area contributed by atoms with Gasteiger partial charge in [0.25, 0.3) is 0 Å². The molecule has 0 heterocycles. The van der Waals surface area contributed by atoms with Crippen molar-refractivity contribution in [3.63, 3.8) is 0 Å². The van der Waals surface area contributed by atoms with Crippen molar-refractivity contribution < 1.29 is 21.4 Å². The summed E-state index contributed by atoms with van der Waals surface area (Å²) >= 11 is -2.83. The Labute approximate surface area is 66.5 Å². The van der Waals surface area contributed by atoms with Crippen molar-refractivity contribution >= 4 is 21.4 Å². The molecule has 0 aliphatic carbocycles. The van der Waals surface area contributed by atoms with Gasteiger partial charge in [0, 0.05) is 0 Å². The summed E-state index contributed by atoms with van der Waals surface area (Å²) in [6.07, 6.45) is -0.743. The number of hydrogen-bond acceptors (Lipinski definition) is 6. The van der Waals surface area contributed by atoms with Crippen LogP contribution < -0.4 is 10.5 Å². The van der Waals surface area contributed by atoms with E-state index < -0.39 is 27.7 Å². The van der Waals surface area contributed by atoms with Gasteiger partial charge in [0.2, 0.25) is 10.0 Å². The van der Waals surface area contributed by atoms with Gasteiger partial charge < -0.3 is 4.55 Å². The molecule has 9 heteroatoms. The topological polar surface area (TPSA) is 122 Å². The van der Waals surface area contributed by atoms with E-state index in [1.807, 2.05) is 0 Å². The summed E-state index contributed by atoms with van der Waals surface area (Å²) in [5.74, 6) is 0. The van der Waals surface area contributed by atoms with Crippen LogP contribution in [0.3, 0.4) is 0 Å². The second-order valence-corrected chi connectivity index (χ2v) is 3.99. The van der Waals surface area contributed by atoms with Gasteiger partial charge in [-0.15, -0.1) is 0 Å². The average Bonchev–Trinajstić information content (AvgIpc) is 1.53. The molecule has 11 heavy (non-hydrogen) atoms. The molecule has 0 fully saturated rings. The van der Waals surface area contributed by atoms with Crippen molar-refractivity contribution in [2.24, 2.45) is 5.73 Å². The zero-order chi connectivity index (χ0) is 9.07. The molecule has 2 unspecified atom stereocenters. The zero-order valence-electron chi connectivity index (χ0n) is 5.51. The molecule has 0 aromatic carbocycles. The van der Waals surface area contributed by atoms with Crippen molar-refractivity contribution in [1.82, 2.24) is 4.72 Å². The van der Waals surface area contributed by atoms with Crippen molar-refractivity contribution in [3.8, 4) is 0 Å². The first-order chi connectivity index (χ1) is 4.81. The van der Waals surface area contributed by atoms with Crippen LogP contribution in [0.1, 0.15) is 0 Å². The van der Waals surface area contributed by atoms with Gasteiger partial charge in [-0.05, 0) is 0 Å². The molecule has 0 aromatic heterocycles. The normalized spacial score (nSPS) is 17.7. The highest BCUT2D eigenvalue weighted by atomic mass is 32.2. The molecular weight excluding hydrogens is 196 g/mol. The Bertz CT molecular complexity index is 235. The number of rotatable bonds is 4. The average molecular weight is 203 g/mol. The zero-order valence-corrected chi connectivity index (χ0v) is 7.15. The van der Waals surface area contributed by atoms with Crippen LogP contribution >= 0.6 is 0 Å². The summed E-state index contributed by atoms with van der Waals surface area (Å²) in [6, 6.07) is 0. The highest BCUT2D eigenvalue weighted by molar-refractivity contribution is 7.88. The Hall–Kier alpha value is -0.0600. The van der Waals surface area contributed by atoms with E-state index in [0.29, 0.717) is 0 Å². The van der Waals surface area contributed by atoms with Gasteiger partial charge in [-0.1, -0.05) is 0 Å². The molecule has 0 spiro atoms. The van der Waals surface area contributed by atoms with Crippen LogP contribution in [-0.2, 0) is 25.6 Å². The summed E-state index contributed by atoms with van der Waals surface area (Å²) in [4.78, 5) is 0. The summed E-state index contributed by atoms with van der Waals surface area (Å²) in [7, 11) is -3.54. The van der Waals surface area contributed by atoms with Crippen molar-refractivity contribution in [1.29, 1.82) is 0 Å². The quantitative estimate of drug-likeness (QED) is 0.387. The Morgan fingerprint density at radius 1 is 1.73 bits per heavy atom. The van der Waals surface area contributed by atoms with Gasteiger partial charge in [0.1, 0.15) is 0 Å². The molecule has 0 aromatic rings. The third kappa shape index (κ3) is 7.84.